The molecule has 0 radical (unpaired) electrons. The number of pyridine rings is 1. The van der Waals surface area contributed by atoms with Crippen LogP contribution in [0, 0.1) is 5.92 Å². The molecule has 0 aliphatic rings. The second kappa shape index (κ2) is 8.68. The van der Waals surface area contributed by atoms with Crippen molar-refractivity contribution in [3.63, 3.8) is 0 Å². The van der Waals surface area contributed by atoms with Crippen LogP contribution in [0.4, 0.5) is 0 Å². The lowest BCUT2D eigenvalue weighted by Gasteiger charge is -2.18. The molecule has 0 aliphatic carbocycles. The van der Waals surface area contributed by atoms with E-state index >= 15 is 0 Å². The van der Waals surface area contributed by atoms with Gasteiger partial charge in [0.05, 0.1) is 0 Å². The molecule has 7 heteroatoms. The van der Waals surface area contributed by atoms with Gasteiger partial charge in [0.2, 0.25) is 5.88 Å². The molecule has 0 aliphatic heterocycles. The van der Waals surface area contributed by atoms with Crippen LogP contribution in [-0.4, -0.2) is 34.6 Å². The van der Waals surface area contributed by atoms with E-state index in [9.17, 15) is 9.59 Å². The number of carboxylic acids is 1. The number of amides is 1. The highest BCUT2D eigenvalue weighted by Crippen LogP contribution is 2.22. The number of nitrogens with zero attached hydrogens (tertiary/aromatic N) is 1. The van der Waals surface area contributed by atoms with E-state index in [2.05, 4.69) is 10.3 Å². The van der Waals surface area contributed by atoms with E-state index in [4.69, 9.17) is 14.6 Å². The lowest BCUT2D eigenvalue weighted by Crippen LogP contribution is -2.46. The Morgan fingerprint density at radius 2 is 1.80 bits per heavy atom. The van der Waals surface area contributed by atoms with E-state index in [-0.39, 0.29) is 12.5 Å². The standard InChI is InChI=1S/C18H20N2O5/c1-12(2)17(18(22)23)20-15(21)11-24-13-6-8-14(9-7-13)25-16-5-3-4-10-19-16/h3-10,12,17H,11H2,1-2H3,(H,20,21)(H,22,23)/t17-/m1/s1. The molecular weight excluding hydrogens is 324 g/mol. The molecule has 0 saturated heterocycles. The predicted octanol–water partition coefficient (Wildman–Crippen LogP) is 2.48. The van der Waals surface area contributed by atoms with Crippen molar-refractivity contribution >= 4 is 11.9 Å². The number of carbonyl (C=O) groups excluding carboxylic acids is 1. The van der Waals surface area contributed by atoms with Crippen LogP contribution in [0.5, 0.6) is 17.4 Å². The average molecular weight is 344 g/mol. The highest BCUT2D eigenvalue weighted by Gasteiger charge is 2.23. The molecule has 25 heavy (non-hydrogen) atoms. The van der Waals surface area contributed by atoms with Gasteiger partial charge >= 0.3 is 5.97 Å². The number of benzene rings is 1. The Kier molecular flexibility index (Phi) is 6.33. The Balaban J connectivity index is 1.85. The first kappa shape index (κ1) is 18.3. The van der Waals surface area contributed by atoms with Crippen LogP contribution in [0.1, 0.15) is 13.8 Å². The summed E-state index contributed by atoms with van der Waals surface area (Å²) in [7, 11) is 0. The van der Waals surface area contributed by atoms with Gasteiger partial charge in [-0.05, 0) is 36.2 Å². The van der Waals surface area contributed by atoms with Crippen LogP contribution in [0.3, 0.4) is 0 Å². The minimum Gasteiger partial charge on any atom is -0.484 e. The Morgan fingerprint density at radius 1 is 1.12 bits per heavy atom. The zero-order valence-electron chi connectivity index (χ0n) is 14.0. The van der Waals surface area contributed by atoms with Gasteiger partial charge in [0.1, 0.15) is 17.5 Å². The van der Waals surface area contributed by atoms with E-state index in [1.807, 2.05) is 6.07 Å². The lowest BCUT2D eigenvalue weighted by atomic mass is 10.1. The second-order valence-corrected chi connectivity index (χ2v) is 5.66. The molecule has 1 atom stereocenters. The van der Waals surface area contributed by atoms with Crippen molar-refractivity contribution in [1.82, 2.24) is 10.3 Å². The van der Waals surface area contributed by atoms with Crippen LogP contribution in [0.15, 0.2) is 48.7 Å². The SMILES string of the molecule is CC(C)[C@@H](NC(=O)COc1ccc(Oc2ccccn2)cc1)C(=O)O. The van der Waals surface area contributed by atoms with Crippen LogP contribution >= 0.6 is 0 Å². The van der Waals surface area contributed by atoms with E-state index in [0.29, 0.717) is 17.4 Å². The Morgan fingerprint density at radius 3 is 2.36 bits per heavy atom. The van der Waals surface area contributed by atoms with Gasteiger partial charge in [0.15, 0.2) is 6.61 Å². The first-order valence-electron chi connectivity index (χ1n) is 7.79. The molecule has 132 valence electrons. The monoisotopic (exact) mass is 344 g/mol. The fourth-order valence-electron chi connectivity index (χ4n) is 2.01. The summed E-state index contributed by atoms with van der Waals surface area (Å²) in [4.78, 5) is 26.9. The number of ether oxygens (including phenoxy) is 2. The van der Waals surface area contributed by atoms with Gasteiger partial charge < -0.3 is 19.9 Å². The highest BCUT2D eigenvalue weighted by atomic mass is 16.5. The van der Waals surface area contributed by atoms with Crippen molar-refractivity contribution in [2.45, 2.75) is 19.9 Å². The van der Waals surface area contributed by atoms with Gasteiger partial charge in [-0.25, -0.2) is 9.78 Å². The minimum absolute atomic E-state index is 0.218. The Bertz CT molecular complexity index is 701. The number of rotatable bonds is 8. The van der Waals surface area contributed by atoms with Gasteiger partial charge in [-0.3, -0.25) is 4.79 Å². The van der Waals surface area contributed by atoms with E-state index in [0.717, 1.165) is 0 Å². The van der Waals surface area contributed by atoms with Gasteiger partial charge in [0.25, 0.3) is 5.91 Å². The number of hydrogen-bond donors (Lipinski definition) is 2. The maximum atomic E-state index is 11.8. The van der Waals surface area contributed by atoms with Crippen molar-refractivity contribution < 1.29 is 24.2 Å². The maximum absolute atomic E-state index is 11.8. The van der Waals surface area contributed by atoms with Crippen LogP contribution in [0.25, 0.3) is 0 Å². The third-order valence-corrected chi connectivity index (χ3v) is 3.30. The summed E-state index contributed by atoms with van der Waals surface area (Å²) in [6, 6.07) is 11.1. The van der Waals surface area contributed by atoms with Gasteiger partial charge in [-0.2, -0.15) is 0 Å². The number of aliphatic carboxylic acids is 1. The number of carbonyl (C=O) groups is 2. The normalized spacial score (nSPS) is 11.6. The fraction of sp³-hybridized carbons (Fsp3) is 0.278. The smallest absolute Gasteiger partial charge is 0.326 e. The summed E-state index contributed by atoms with van der Waals surface area (Å²) in [6.45, 7) is 3.18. The Hall–Kier alpha value is -3.09. The molecule has 1 aromatic heterocycles. The molecule has 0 saturated carbocycles. The van der Waals surface area contributed by atoms with Crippen LogP contribution in [-0.2, 0) is 9.59 Å². The van der Waals surface area contributed by atoms with Crippen molar-refractivity contribution in [1.29, 1.82) is 0 Å². The van der Waals surface area contributed by atoms with Crippen LogP contribution < -0.4 is 14.8 Å². The third kappa shape index (κ3) is 5.80. The molecule has 1 amide bonds. The Labute approximate surface area is 145 Å². The molecule has 0 spiro atoms. The molecule has 7 nitrogen and oxygen atoms in total. The summed E-state index contributed by atoms with van der Waals surface area (Å²) in [5, 5.41) is 11.5. The number of nitrogens with one attached hydrogen (secondary N) is 1. The van der Waals surface area contributed by atoms with Crippen LogP contribution in [0.2, 0.25) is 0 Å². The molecule has 2 rings (SSSR count). The molecule has 2 aromatic rings. The van der Waals surface area contributed by atoms with E-state index in [1.54, 1.807) is 56.4 Å². The molecular formula is C18H20N2O5. The lowest BCUT2D eigenvalue weighted by molar-refractivity contribution is -0.143. The van der Waals surface area contributed by atoms with Crippen molar-refractivity contribution in [3.05, 3.63) is 48.7 Å². The van der Waals surface area contributed by atoms with Crippen molar-refractivity contribution in [3.8, 4) is 17.4 Å². The van der Waals surface area contributed by atoms with Gasteiger partial charge in [-0.15, -0.1) is 0 Å². The van der Waals surface area contributed by atoms with E-state index in [1.165, 1.54) is 0 Å². The quantitative estimate of drug-likeness (QED) is 0.763. The number of aromatic nitrogens is 1. The maximum Gasteiger partial charge on any atom is 0.326 e. The molecule has 1 heterocycles. The molecule has 2 N–H and O–H groups in total. The first-order chi connectivity index (χ1) is 12.0. The van der Waals surface area contributed by atoms with Gasteiger partial charge in [0, 0.05) is 12.3 Å². The molecule has 0 fully saturated rings. The zero-order chi connectivity index (χ0) is 18.2. The minimum atomic E-state index is -1.07. The summed E-state index contributed by atoms with van der Waals surface area (Å²) in [5.74, 6) is -0.246. The topological polar surface area (TPSA) is 97.8 Å². The summed E-state index contributed by atoms with van der Waals surface area (Å²) >= 11 is 0. The highest BCUT2D eigenvalue weighted by molar-refractivity contribution is 5.84. The fourth-order valence-corrected chi connectivity index (χ4v) is 2.01. The zero-order valence-corrected chi connectivity index (χ0v) is 14.0. The summed E-state index contributed by atoms with van der Waals surface area (Å²) in [5.41, 5.74) is 0. The van der Waals surface area contributed by atoms with Gasteiger partial charge in [-0.1, -0.05) is 19.9 Å². The van der Waals surface area contributed by atoms with Crippen molar-refractivity contribution in [2.75, 3.05) is 6.61 Å². The molecule has 0 unspecified atom stereocenters. The molecule has 1 aromatic carbocycles. The summed E-state index contributed by atoms with van der Waals surface area (Å²) < 4.78 is 10.9. The second-order valence-electron chi connectivity index (χ2n) is 5.66. The third-order valence-electron chi connectivity index (χ3n) is 3.30. The average Bonchev–Trinajstić information content (AvgIpc) is 2.59. The molecule has 0 bridgehead atoms. The summed E-state index contributed by atoms with van der Waals surface area (Å²) in [6.07, 6.45) is 1.63. The first-order valence-corrected chi connectivity index (χ1v) is 7.79. The number of hydrogen-bond acceptors (Lipinski definition) is 5. The van der Waals surface area contributed by atoms with E-state index < -0.39 is 17.9 Å². The predicted molar refractivity (Wildman–Crippen MR) is 90.7 cm³/mol. The van der Waals surface area contributed by atoms with Crippen molar-refractivity contribution in [2.24, 2.45) is 5.92 Å². The largest absolute Gasteiger partial charge is 0.484 e. The number of carboxylic acid groups (broad SMARTS) is 1.